The van der Waals surface area contributed by atoms with E-state index in [0.29, 0.717) is 5.69 Å². The molecule has 2 aromatic carbocycles. The topological polar surface area (TPSA) is 18.8 Å². The van der Waals surface area contributed by atoms with Gasteiger partial charge in [0.05, 0.1) is 23.6 Å². The van der Waals surface area contributed by atoms with E-state index in [2.05, 4.69) is 26.9 Å². The average Bonchev–Trinajstić information content (AvgIpc) is 2.73. The largest absolute Gasteiger partial charge is 0.366 e. The van der Waals surface area contributed by atoms with Gasteiger partial charge in [-0.3, -0.25) is 4.99 Å². The summed E-state index contributed by atoms with van der Waals surface area (Å²) in [6.07, 6.45) is 1.93. The van der Waals surface area contributed by atoms with Crippen molar-refractivity contribution in [2.75, 3.05) is 36.0 Å². The number of nitrogens with zero attached hydrogens (tertiary/aromatic N) is 3. The number of rotatable bonds is 1. The van der Waals surface area contributed by atoms with Gasteiger partial charge in [0.15, 0.2) is 0 Å². The van der Waals surface area contributed by atoms with Gasteiger partial charge in [0, 0.05) is 31.4 Å². The van der Waals surface area contributed by atoms with Crippen molar-refractivity contribution < 1.29 is 4.39 Å². The van der Waals surface area contributed by atoms with E-state index >= 15 is 0 Å². The Hall–Kier alpha value is -2.36. The zero-order valence-corrected chi connectivity index (χ0v) is 11.7. The van der Waals surface area contributed by atoms with Crippen LogP contribution >= 0.6 is 0 Å². The molecule has 4 heteroatoms. The van der Waals surface area contributed by atoms with E-state index in [-0.39, 0.29) is 5.82 Å². The fraction of sp³-hybridized carbons (Fsp3) is 0.235. The Kier molecular flexibility index (Phi) is 2.88. The molecule has 2 heterocycles. The van der Waals surface area contributed by atoms with E-state index in [1.807, 2.05) is 24.4 Å². The molecule has 0 unspecified atom stereocenters. The van der Waals surface area contributed by atoms with Crippen molar-refractivity contribution >= 4 is 23.3 Å². The van der Waals surface area contributed by atoms with Crippen LogP contribution in [0.1, 0.15) is 5.56 Å². The lowest BCUT2D eigenvalue weighted by Crippen LogP contribution is -2.40. The molecule has 2 aliphatic heterocycles. The van der Waals surface area contributed by atoms with Gasteiger partial charge in [-0.15, -0.1) is 0 Å². The van der Waals surface area contributed by atoms with E-state index in [0.717, 1.165) is 37.4 Å². The third-order valence-corrected chi connectivity index (χ3v) is 4.12. The summed E-state index contributed by atoms with van der Waals surface area (Å²) >= 11 is 0. The summed E-state index contributed by atoms with van der Waals surface area (Å²) in [7, 11) is 0. The van der Waals surface area contributed by atoms with Crippen molar-refractivity contribution in [1.82, 2.24) is 0 Å². The second kappa shape index (κ2) is 4.88. The third-order valence-electron chi connectivity index (χ3n) is 4.12. The summed E-state index contributed by atoms with van der Waals surface area (Å²) in [5.74, 6) is -0.175. The van der Waals surface area contributed by atoms with Gasteiger partial charge in [-0.2, -0.15) is 0 Å². The molecular weight excluding hydrogens is 265 g/mol. The first-order valence-corrected chi connectivity index (χ1v) is 7.24. The third kappa shape index (κ3) is 1.98. The van der Waals surface area contributed by atoms with Crippen LogP contribution in [0.15, 0.2) is 47.5 Å². The molecule has 0 aliphatic carbocycles. The molecule has 2 aliphatic rings. The van der Waals surface area contributed by atoms with Gasteiger partial charge in [-0.25, -0.2) is 4.39 Å². The Bertz CT molecular complexity index is 711. The van der Waals surface area contributed by atoms with Crippen LogP contribution in [0.5, 0.6) is 0 Å². The van der Waals surface area contributed by atoms with E-state index in [1.165, 1.54) is 11.8 Å². The molecule has 0 aromatic heterocycles. The smallest absolute Gasteiger partial charge is 0.146 e. The molecule has 0 bridgehead atoms. The maximum absolute atomic E-state index is 14.2. The molecular formula is C17H16FN3. The van der Waals surface area contributed by atoms with Crippen LogP contribution in [0, 0.1) is 5.82 Å². The van der Waals surface area contributed by atoms with E-state index in [1.54, 1.807) is 6.07 Å². The summed E-state index contributed by atoms with van der Waals surface area (Å²) in [5, 5.41) is 0. The number of anilines is 3. The molecule has 0 fully saturated rings. The first-order chi connectivity index (χ1) is 10.3. The summed E-state index contributed by atoms with van der Waals surface area (Å²) in [6.45, 7) is 3.42. The van der Waals surface area contributed by atoms with Gasteiger partial charge in [0.25, 0.3) is 0 Å². The van der Waals surface area contributed by atoms with Crippen LogP contribution in [-0.2, 0) is 0 Å². The number of halogens is 1. The molecule has 0 atom stereocenters. The first-order valence-electron chi connectivity index (χ1n) is 7.24. The predicted molar refractivity (Wildman–Crippen MR) is 84.5 cm³/mol. The second-order valence-electron chi connectivity index (χ2n) is 5.34. The molecule has 21 heavy (non-hydrogen) atoms. The Morgan fingerprint density at radius 3 is 2.67 bits per heavy atom. The fourth-order valence-electron chi connectivity index (χ4n) is 3.15. The molecule has 0 amide bonds. The average molecular weight is 281 g/mol. The lowest BCUT2D eigenvalue weighted by molar-refractivity contribution is 0.622. The number of hydrogen-bond acceptors (Lipinski definition) is 3. The van der Waals surface area contributed by atoms with Crippen LogP contribution < -0.4 is 9.80 Å². The van der Waals surface area contributed by atoms with Gasteiger partial charge < -0.3 is 9.80 Å². The number of hydrogen-bond donors (Lipinski definition) is 0. The van der Waals surface area contributed by atoms with Crippen molar-refractivity contribution in [3.05, 3.63) is 53.8 Å². The van der Waals surface area contributed by atoms with E-state index < -0.39 is 0 Å². The maximum atomic E-state index is 14.2. The SMILES string of the molecule is Fc1ccccc1N1CCN2CCN=Cc3cccc1c32. The highest BCUT2D eigenvalue weighted by atomic mass is 19.1. The molecule has 0 N–H and O–H groups in total. The highest BCUT2D eigenvalue weighted by molar-refractivity contribution is 5.96. The second-order valence-corrected chi connectivity index (χ2v) is 5.34. The minimum atomic E-state index is -0.175. The standard InChI is InChI=1S/C17H16FN3/c18-14-5-1-2-6-15(14)21-11-10-20-9-8-19-12-13-4-3-7-16(21)17(13)20/h1-7,12H,8-11H2. The quantitative estimate of drug-likeness (QED) is 0.799. The lowest BCUT2D eigenvalue weighted by atomic mass is 10.1. The van der Waals surface area contributed by atoms with Gasteiger partial charge in [-0.05, 0) is 18.2 Å². The summed E-state index contributed by atoms with van der Waals surface area (Å²) in [6, 6.07) is 13.1. The highest BCUT2D eigenvalue weighted by Gasteiger charge is 2.27. The zero-order chi connectivity index (χ0) is 14.2. The molecule has 3 nitrogen and oxygen atoms in total. The Morgan fingerprint density at radius 1 is 0.905 bits per heavy atom. The molecule has 4 rings (SSSR count). The minimum absolute atomic E-state index is 0.175. The molecule has 0 radical (unpaired) electrons. The monoisotopic (exact) mass is 281 g/mol. The lowest BCUT2D eigenvalue weighted by Gasteiger charge is -2.39. The van der Waals surface area contributed by atoms with Crippen molar-refractivity contribution in [1.29, 1.82) is 0 Å². The molecule has 0 spiro atoms. The molecule has 0 saturated heterocycles. The molecule has 106 valence electrons. The normalized spacial score (nSPS) is 16.6. The van der Waals surface area contributed by atoms with Gasteiger partial charge in [0.2, 0.25) is 0 Å². The summed E-state index contributed by atoms with van der Waals surface area (Å²) < 4.78 is 14.2. The fourth-order valence-corrected chi connectivity index (χ4v) is 3.15. The first kappa shape index (κ1) is 12.4. The maximum Gasteiger partial charge on any atom is 0.146 e. The number of para-hydroxylation sites is 2. The van der Waals surface area contributed by atoms with Crippen LogP contribution in [0.3, 0.4) is 0 Å². The van der Waals surface area contributed by atoms with Crippen molar-refractivity contribution in [2.24, 2.45) is 4.99 Å². The summed E-state index contributed by atoms with van der Waals surface area (Å²) in [5.41, 5.74) is 4.00. The van der Waals surface area contributed by atoms with Gasteiger partial charge in [-0.1, -0.05) is 24.3 Å². The highest BCUT2D eigenvalue weighted by Crippen LogP contribution is 2.40. The van der Waals surface area contributed by atoms with E-state index in [9.17, 15) is 4.39 Å². The van der Waals surface area contributed by atoms with Crippen LogP contribution in [0.2, 0.25) is 0 Å². The number of benzene rings is 2. The van der Waals surface area contributed by atoms with Gasteiger partial charge in [0.1, 0.15) is 5.82 Å². The van der Waals surface area contributed by atoms with Gasteiger partial charge >= 0.3 is 0 Å². The van der Waals surface area contributed by atoms with Crippen molar-refractivity contribution in [3.8, 4) is 0 Å². The summed E-state index contributed by atoms with van der Waals surface area (Å²) in [4.78, 5) is 8.86. The molecule has 0 saturated carbocycles. The van der Waals surface area contributed by atoms with E-state index in [4.69, 9.17) is 0 Å². The van der Waals surface area contributed by atoms with Crippen LogP contribution in [0.25, 0.3) is 0 Å². The minimum Gasteiger partial charge on any atom is -0.366 e. The van der Waals surface area contributed by atoms with Crippen molar-refractivity contribution in [2.45, 2.75) is 0 Å². The van der Waals surface area contributed by atoms with Crippen molar-refractivity contribution in [3.63, 3.8) is 0 Å². The molecule has 2 aromatic rings. The van der Waals surface area contributed by atoms with Crippen LogP contribution in [0.4, 0.5) is 21.5 Å². The Morgan fingerprint density at radius 2 is 1.76 bits per heavy atom. The Balaban J connectivity index is 1.88. The predicted octanol–water partition coefficient (Wildman–Crippen LogP) is 3.22. The van der Waals surface area contributed by atoms with Crippen LogP contribution in [-0.4, -0.2) is 32.4 Å². The zero-order valence-electron chi connectivity index (χ0n) is 11.7. The number of aliphatic imine (C=N–C) groups is 1. The Labute approximate surface area is 123 Å².